The van der Waals surface area contributed by atoms with Crippen LogP contribution in [0.25, 0.3) is 6.08 Å². The van der Waals surface area contributed by atoms with E-state index in [1.807, 2.05) is 53.4 Å². The molecule has 1 aliphatic rings. The minimum Gasteiger partial charge on any atom is -0.497 e. The smallest absolute Gasteiger partial charge is 0.247 e. The van der Waals surface area contributed by atoms with Gasteiger partial charge in [0.15, 0.2) is 0 Å². The monoisotopic (exact) mass is 415 g/mol. The van der Waals surface area contributed by atoms with E-state index in [9.17, 15) is 4.79 Å². The van der Waals surface area contributed by atoms with Crippen LogP contribution in [0.15, 0.2) is 53.0 Å². The lowest BCUT2D eigenvalue weighted by atomic mass is 10.1. The molecule has 0 radical (unpaired) electrons. The summed E-state index contributed by atoms with van der Waals surface area (Å²) in [4.78, 5) is 14.7. The fourth-order valence-corrected chi connectivity index (χ4v) is 3.25. The van der Waals surface area contributed by atoms with Gasteiger partial charge in [0, 0.05) is 22.2 Å². The Kier molecular flexibility index (Phi) is 5.99. The summed E-state index contributed by atoms with van der Waals surface area (Å²) in [7, 11) is 3.28. The quantitative estimate of drug-likeness (QED) is 0.616. The van der Waals surface area contributed by atoms with Crippen LogP contribution in [0.1, 0.15) is 24.0 Å². The number of ether oxygens (including phenoxy) is 2. The molecule has 0 bridgehead atoms. The summed E-state index contributed by atoms with van der Waals surface area (Å²) < 4.78 is 11.8. The van der Waals surface area contributed by atoms with Crippen LogP contribution in [0, 0.1) is 0 Å². The predicted octanol–water partition coefficient (Wildman–Crippen LogP) is 4.67. The molecule has 0 heterocycles. The first-order valence-corrected chi connectivity index (χ1v) is 9.35. The molecule has 0 spiro atoms. The van der Waals surface area contributed by atoms with E-state index in [2.05, 4.69) is 15.9 Å². The highest BCUT2D eigenvalue weighted by molar-refractivity contribution is 9.10. The van der Waals surface area contributed by atoms with E-state index in [4.69, 9.17) is 9.47 Å². The molecular weight excluding hydrogens is 394 g/mol. The average molecular weight is 416 g/mol. The molecule has 0 unspecified atom stereocenters. The molecule has 2 aromatic rings. The van der Waals surface area contributed by atoms with E-state index in [1.165, 1.54) is 0 Å². The Hall–Kier alpha value is -2.27. The Morgan fingerprint density at radius 3 is 2.65 bits per heavy atom. The van der Waals surface area contributed by atoms with Gasteiger partial charge in [-0.05, 0) is 54.8 Å². The minimum atomic E-state index is 0.0114. The van der Waals surface area contributed by atoms with Crippen molar-refractivity contribution in [3.63, 3.8) is 0 Å². The van der Waals surface area contributed by atoms with Crippen LogP contribution in [-0.4, -0.2) is 31.1 Å². The molecule has 2 aromatic carbocycles. The highest BCUT2D eigenvalue weighted by atomic mass is 79.9. The predicted molar refractivity (Wildman–Crippen MR) is 106 cm³/mol. The number of halogens is 1. The van der Waals surface area contributed by atoms with Crippen molar-refractivity contribution in [2.45, 2.75) is 25.4 Å². The van der Waals surface area contributed by atoms with Gasteiger partial charge in [-0.2, -0.15) is 0 Å². The van der Waals surface area contributed by atoms with E-state index in [1.54, 1.807) is 20.3 Å². The molecule has 1 amide bonds. The minimum absolute atomic E-state index is 0.0114. The first-order chi connectivity index (χ1) is 12.6. The highest BCUT2D eigenvalue weighted by Gasteiger charge is 2.32. The molecule has 0 atom stereocenters. The molecule has 1 aliphatic carbocycles. The number of carbonyl (C=O) groups excluding carboxylic acids is 1. The normalized spacial score (nSPS) is 13.7. The lowest BCUT2D eigenvalue weighted by Gasteiger charge is -2.22. The molecule has 1 saturated carbocycles. The maximum absolute atomic E-state index is 12.8. The van der Waals surface area contributed by atoms with Crippen molar-refractivity contribution in [3.05, 3.63) is 64.1 Å². The van der Waals surface area contributed by atoms with E-state index < -0.39 is 0 Å². The first kappa shape index (κ1) is 18.5. The highest BCUT2D eigenvalue weighted by Crippen LogP contribution is 2.32. The van der Waals surface area contributed by atoms with Gasteiger partial charge in [-0.3, -0.25) is 4.79 Å². The zero-order valence-electron chi connectivity index (χ0n) is 14.9. The molecule has 0 saturated heterocycles. The fraction of sp³-hybridized carbons (Fsp3) is 0.286. The molecule has 26 heavy (non-hydrogen) atoms. The van der Waals surface area contributed by atoms with Crippen molar-refractivity contribution in [2.75, 3.05) is 14.2 Å². The summed E-state index contributed by atoms with van der Waals surface area (Å²) in [5.41, 5.74) is 1.94. The standard InChI is InChI=1S/C21H22BrNO3/c1-25-19-9-10-20(26-2)16(13-19)14-23(18-7-8-18)21(24)11-6-15-4-3-5-17(22)12-15/h3-6,9-13,18H,7-8,14H2,1-2H3/b11-6+. The van der Waals surface area contributed by atoms with Gasteiger partial charge >= 0.3 is 0 Å². The summed E-state index contributed by atoms with van der Waals surface area (Å²) in [6.07, 6.45) is 5.59. The zero-order valence-corrected chi connectivity index (χ0v) is 16.5. The Bertz CT molecular complexity index is 815. The van der Waals surface area contributed by atoms with Gasteiger partial charge in [0.05, 0.1) is 20.8 Å². The van der Waals surface area contributed by atoms with E-state index in [0.29, 0.717) is 12.6 Å². The van der Waals surface area contributed by atoms with Crippen molar-refractivity contribution in [3.8, 4) is 11.5 Å². The second-order valence-electron chi connectivity index (χ2n) is 6.26. The lowest BCUT2D eigenvalue weighted by Crippen LogP contribution is -2.31. The molecule has 1 fully saturated rings. The zero-order chi connectivity index (χ0) is 18.5. The molecular formula is C21H22BrNO3. The third-order valence-corrected chi connectivity index (χ3v) is 4.86. The fourth-order valence-electron chi connectivity index (χ4n) is 2.84. The van der Waals surface area contributed by atoms with Gasteiger partial charge in [0.2, 0.25) is 5.91 Å². The van der Waals surface area contributed by atoms with Crippen LogP contribution in [0.5, 0.6) is 11.5 Å². The Morgan fingerprint density at radius 1 is 1.19 bits per heavy atom. The Morgan fingerprint density at radius 2 is 2.00 bits per heavy atom. The van der Waals surface area contributed by atoms with E-state index in [-0.39, 0.29) is 5.91 Å². The van der Waals surface area contributed by atoms with Gasteiger partial charge in [-0.15, -0.1) is 0 Å². The van der Waals surface area contributed by atoms with Crippen LogP contribution < -0.4 is 9.47 Å². The number of carbonyl (C=O) groups is 1. The maximum atomic E-state index is 12.8. The first-order valence-electron chi connectivity index (χ1n) is 8.56. The van der Waals surface area contributed by atoms with Crippen molar-refractivity contribution in [2.24, 2.45) is 0 Å². The van der Waals surface area contributed by atoms with Crippen molar-refractivity contribution < 1.29 is 14.3 Å². The maximum Gasteiger partial charge on any atom is 0.247 e. The van der Waals surface area contributed by atoms with Gasteiger partial charge in [-0.25, -0.2) is 0 Å². The number of rotatable bonds is 7. The molecule has 0 aliphatic heterocycles. The third-order valence-electron chi connectivity index (χ3n) is 4.37. The largest absolute Gasteiger partial charge is 0.497 e. The average Bonchev–Trinajstić information content (AvgIpc) is 3.49. The molecule has 3 rings (SSSR count). The summed E-state index contributed by atoms with van der Waals surface area (Å²) >= 11 is 3.45. The van der Waals surface area contributed by atoms with Crippen LogP contribution in [0.3, 0.4) is 0 Å². The van der Waals surface area contributed by atoms with Crippen LogP contribution in [0.2, 0.25) is 0 Å². The summed E-state index contributed by atoms with van der Waals surface area (Å²) in [6.45, 7) is 0.507. The number of methoxy groups -OCH3 is 2. The number of amides is 1. The number of nitrogens with zero attached hydrogens (tertiary/aromatic N) is 1. The topological polar surface area (TPSA) is 38.8 Å². The summed E-state index contributed by atoms with van der Waals surface area (Å²) in [6, 6.07) is 13.8. The molecule has 5 heteroatoms. The van der Waals surface area contributed by atoms with Crippen molar-refractivity contribution >= 4 is 27.9 Å². The van der Waals surface area contributed by atoms with E-state index >= 15 is 0 Å². The van der Waals surface area contributed by atoms with Crippen LogP contribution >= 0.6 is 15.9 Å². The number of hydrogen-bond donors (Lipinski definition) is 0. The van der Waals surface area contributed by atoms with Crippen LogP contribution in [-0.2, 0) is 11.3 Å². The van der Waals surface area contributed by atoms with Crippen molar-refractivity contribution in [1.82, 2.24) is 4.90 Å². The number of benzene rings is 2. The van der Waals surface area contributed by atoms with Gasteiger partial charge in [-0.1, -0.05) is 28.1 Å². The van der Waals surface area contributed by atoms with Crippen molar-refractivity contribution in [1.29, 1.82) is 0 Å². The summed E-state index contributed by atoms with van der Waals surface area (Å²) in [5, 5.41) is 0. The van der Waals surface area contributed by atoms with Gasteiger partial charge in [0.25, 0.3) is 0 Å². The SMILES string of the molecule is COc1ccc(OC)c(CN(C(=O)/C=C/c2cccc(Br)c2)C2CC2)c1. The lowest BCUT2D eigenvalue weighted by molar-refractivity contribution is -0.127. The molecule has 4 nitrogen and oxygen atoms in total. The van der Waals surface area contributed by atoms with Gasteiger partial charge < -0.3 is 14.4 Å². The second kappa shape index (κ2) is 8.41. The molecule has 0 N–H and O–H groups in total. The van der Waals surface area contributed by atoms with Crippen LogP contribution in [0.4, 0.5) is 0 Å². The Labute approximate surface area is 162 Å². The Balaban J connectivity index is 1.78. The molecule has 136 valence electrons. The summed E-state index contributed by atoms with van der Waals surface area (Å²) in [5.74, 6) is 1.53. The third kappa shape index (κ3) is 4.67. The molecule has 0 aromatic heterocycles. The second-order valence-corrected chi connectivity index (χ2v) is 7.18. The van der Waals surface area contributed by atoms with E-state index in [0.717, 1.165) is 39.9 Å². The number of hydrogen-bond acceptors (Lipinski definition) is 3. The van der Waals surface area contributed by atoms with Gasteiger partial charge in [0.1, 0.15) is 11.5 Å².